The highest BCUT2D eigenvalue weighted by Gasteiger charge is 2.35. The van der Waals surface area contributed by atoms with Gasteiger partial charge in [0.05, 0.1) is 0 Å². The molecule has 0 aromatic heterocycles. The van der Waals surface area contributed by atoms with Crippen LogP contribution < -0.4 is 10.6 Å². The highest BCUT2D eigenvalue weighted by atomic mass is 35.5. The number of thioether (sulfide) groups is 2. The van der Waals surface area contributed by atoms with Gasteiger partial charge < -0.3 is 10.6 Å². The average Bonchev–Trinajstić information content (AvgIpc) is 3.04. The quantitative estimate of drug-likeness (QED) is 0.781. The van der Waals surface area contributed by atoms with Gasteiger partial charge in [0.1, 0.15) is 0 Å². The van der Waals surface area contributed by atoms with Gasteiger partial charge in [0.25, 0.3) is 0 Å². The molecule has 1 aromatic rings. The summed E-state index contributed by atoms with van der Waals surface area (Å²) in [5.74, 6) is 2.41. The molecule has 2 aliphatic rings. The van der Waals surface area contributed by atoms with Gasteiger partial charge in [0.2, 0.25) is 5.91 Å². The summed E-state index contributed by atoms with van der Waals surface area (Å²) in [4.78, 5) is 13.6. The molecule has 1 amide bonds. The maximum absolute atomic E-state index is 12.3. The molecule has 1 aliphatic heterocycles. The molecule has 134 valence electrons. The zero-order valence-electron chi connectivity index (χ0n) is 14.0. The summed E-state index contributed by atoms with van der Waals surface area (Å²) in [7, 11) is 0. The third kappa shape index (κ3) is 5.87. The van der Waals surface area contributed by atoms with Crippen molar-refractivity contribution in [2.75, 3.05) is 24.6 Å². The molecule has 1 aliphatic carbocycles. The number of hydrogen-bond donors (Lipinski definition) is 2. The molecule has 0 spiro atoms. The first kappa shape index (κ1) is 20.0. The number of hydrogen-bond acceptors (Lipinski definition) is 4. The van der Waals surface area contributed by atoms with Gasteiger partial charge in [-0.05, 0) is 25.0 Å². The Bertz CT molecular complexity index is 503. The number of halogens is 1. The average molecular weight is 387 g/mol. The molecule has 3 rings (SSSR count). The van der Waals surface area contributed by atoms with Gasteiger partial charge in [-0.25, -0.2) is 0 Å². The van der Waals surface area contributed by atoms with Crippen LogP contribution in [0.1, 0.15) is 32.1 Å². The molecule has 0 bridgehead atoms. The minimum atomic E-state index is 0. The van der Waals surface area contributed by atoms with E-state index in [0.29, 0.717) is 12.5 Å². The van der Waals surface area contributed by atoms with Crippen molar-refractivity contribution in [1.29, 1.82) is 0 Å². The number of benzene rings is 1. The van der Waals surface area contributed by atoms with Crippen molar-refractivity contribution in [3.63, 3.8) is 0 Å². The fourth-order valence-corrected chi connectivity index (χ4v) is 5.76. The van der Waals surface area contributed by atoms with Crippen molar-refractivity contribution >= 4 is 41.8 Å². The lowest BCUT2D eigenvalue weighted by Gasteiger charge is -2.29. The lowest BCUT2D eigenvalue weighted by Crippen LogP contribution is -2.44. The summed E-state index contributed by atoms with van der Waals surface area (Å²) in [5, 5.41) is 6.66. The van der Waals surface area contributed by atoms with E-state index in [1.165, 1.54) is 30.6 Å². The Morgan fingerprint density at radius 1 is 1.29 bits per heavy atom. The van der Waals surface area contributed by atoms with Crippen molar-refractivity contribution < 1.29 is 4.79 Å². The number of nitrogens with one attached hydrogen (secondary N) is 2. The predicted octanol–water partition coefficient (Wildman–Crippen LogP) is 3.72. The smallest absolute Gasteiger partial charge is 0.221 e. The van der Waals surface area contributed by atoms with Crippen LogP contribution in [0.5, 0.6) is 0 Å². The van der Waals surface area contributed by atoms with Crippen LogP contribution in [0, 0.1) is 0 Å². The minimum Gasteiger partial charge on any atom is -0.355 e. The van der Waals surface area contributed by atoms with E-state index in [4.69, 9.17) is 0 Å². The summed E-state index contributed by atoms with van der Waals surface area (Å²) in [6.07, 6.45) is 5.56. The Morgan fingerprint density at radius 2 is 2.04 bits per heavy atom. The van der Waals surface area contributed by atoms with Crippen molar-refractivity contribution in [3.8, 4) is 0 Å². The molecular weight excluding hydrogens is 360 g/mol. The largest absolute Gasteiger partial charge is 0.355 e. The monoisotopic (exact) mass is 386 g/mol. The Kier molecular flexibility index (Phi) is 8.28. The Morgan fingerprint density at radius 3 is 2.71 bits per heavy atom. The molecule has 1 aromatic carbocycles. The van der Waals surface area contributed by atoms with E-state index in [-0.39, 0.29) is 23.1 Å². The van der Waals surface area contributed by atoms with Gasteiger partial charge in [0, 0.05) is 46.7 Å². The molecule has 2 N–H and O–H groups in total. The SMILES string of the molecule is Cl.O=C(CC1CSCCN1)NCC1(Sc2ccccc2)CCCC1. The van der Waals surface area contributed by atoms with Gasteiger partial charge in [-0.1, -0.05) is 31.0 Å². The second kappa shape index (κ2) is 9.95. The molecule has 2 fully saturated rings. The van der Waals surface area contributed by atoms with Gasteiger partial charge in [-0.3, -0.25) is 4.79 Å². The fourth-order valence-electron chi connectivity index (χ4n) is 3.38. The molecule has 6 heteroatoms. The summed E-state index contributed by atoms with van der Waals surface area (Å²) in [6, 6.07) is 10.9. The highest BCUT2D eigenvalue weighted by Crippen LogP contribution is 2.44. The summed E-state index contributed by atoms with van der Waals surface area (Å²) in [6.45, 7) is 1.82. The first-order chi connectivity index (χ1) is 11.3. The maximum atomic E-state index is 12.3. The number of amides is 1. The van der Waals surface area contributed by atoms with Crippen LogP contribution in [0.15, 0.2) is 35.2 Å². The van der Waals surface area contributed by atoms with Gasteiger partial charge in [0.15, 0.2) is 0 Å². The molecule has 1 saturated carbocycles. The van der Waals surface area contributed by atoms with Crippen LogP contribution in [-0.4, -0.2) is 41.3 Å². The summed E-state index contributed by atoms with van der Waals surface area (Å²) >= 11 is 3.90. The number of carbonyl (C=O) groups is 1. The normalized spacial score (nSPS) is 22.6. The van der Waals surface area contributed by atoms with Crippen molar-refractivity contribution in [2.45, 2.75) is 47.8 Å². The molecule has 1 heterocycles. The topological polar surface area (TPSA) is 41.1 Å². The second-order valence-electron chi connectivity index (χ2n) is 6.51. The lowest BCUT2D eigenvalue weighted by atomic mass is 10.1. The summed E-state index contributed by atoms with van der Waals surface area (Å²) in [5.41, 5.74) is 0. The van der Waals surface area contributed by atoms with Gasteiger partial charge >= 0.3 is 0 Å². The van der Waals surface area contributed by atoms with E-state index >= 15 is 0 Å². The third-order valence-corrected chi connectivity index (χ3v) is 7.25. The van der Waals surface area contributed by atoms with E-state index in [0.717, 1.165) is 24.6 Å². The molecule has 1 atom stereocenters. The van der Waals surface area contributed by atoms with Crippen LogP contribution in [0.25, 0.3) is 0 Å². The van der Waals surface area contributed by atoms with Crippen LogP contribution >= 0.6 is 35.9 Å². The highest BCUT2D eigenvalue weighted by molar-refractivity contribution is 8.00. The zero-order valence-corrected chi connectivity index (χ0v) is 16.4. The number of rotatable bonds is 6. The van der Waals surface area contributed by atoms with Crippen LogP contribution in [-0.2, 0) is 4.79 Å². The zero-order chi connectivity index (χ0) is 16.0. The molecule has 24 heavy (non-hydrogen) atoms. The fraction of sp³-hybridized carbons (Fsp3) is 0.611. The van der Waals surface area contributed by atoms with E-state index in [1.807, 2.05) is 23.5 Å². The van der Waals surface area contributed by atoms with Crippen molar-refractivity contribution in [3.05, 3.63) is 30.3 Å². The molecular formula is C18H27ClN2OS2. The molecule has 1 saturated heterocycles. The van der Waals surface area contributed by atoms with Crippen LogP contribution in [0.4, 0.5) is 0 Å². The second-order valence-corrected chi connectivity index (χ2v) is 9.20. The van der Waals surface area contributed by atoms with Crippen LogP contribution in [0.3, 0.4) is 0 Å². The maximum Gasteiger partial charge on any atom is 0.221 e. The van der Waals surface area contributed by atoms with Gasteiger partial charge in [-0.15, -0.1) is 24.2 Å². The van der Waals surface area contributed by atoms with E-state index < -0.39 is 0 Å². The summed E-state index contributed by atoms with van der Waals surface area (Å²) < 4.78 is 0.186. The van der Waals surface area contributed by atoms with Crippen LogP contribution in [0.2, 0.25) is 0 Å². The van der Waals surface area contributed by atoms with E-state index in [9.17, 15) is 4.79 Å². The Labute approximate surface area is 159 Å². The lowest BCUT2D eigenvalue weighted by molar-refractivity contribution is -0.121. The van der Waals surface area contributed by atoms with E-state index in [2.05, 4.69) is 41.0 Å². The first-order valence-electron chi connectivity index (χ1n) is 8.58. The first-order valence-corrected chi connectivity index (χ1v) is 10.5. The number of carbonyl (C=O) groups excluding carboxylic acids is 1. The Balaban J connectivity index is 0.00000208. The van der Waals surface area contributed by atoms with Crippen molar-refractivity contribution in [1.82, 2.24) is 10.6 Å². The minimum absolute atomic E-state index is 0. The van der Waals surface area contributed by atoms with Gasteiger partial charge in [-0.2, -0.15) is 11.8 Å². The molecule has 3 nitrogen and oxygen atoms in total. The van der Waals surface area contributed by atoms with E-state index in [1.54, 1.807) is 0 Å². The van der Waals surface area contributed by atoms with Crippen molar-refractivity contribution in [2.24, 2.45) is 0 Å². The predicted molar refractivity (Wildman–Crippen MR) is 107 cm³/mol. The molecule has 0 radical (unpaired) electrons. The standard InChI is InChI=1S/C18H26N2OS2.ClH/c21-17(12-15-13-22-11-10-19-15)20-14-18(8-4-5-9-18)23-16-6-2-1-3-7-16;/h1-3,6-7,15,19H,4-5,8-14H2,(H,20,21);1H. The molecule has 1 unspecified atom stereocenters. The Hall–Kier alpha value is -0.360. The third-order valence-electron chi connectivity index (χ3n) is 4.63.